The molecule has 2 aromatic carbocycles. The second-order valence-electron chi connectivity index (χ2n) is 9.74. The summed E-state index contributed by atoms with van der Waals surface area (Å²) in [7, 11) is 1.97. The molecule has 0 spiro atoms. The van der Waals surface area contributed by atoms with Gasteiger partial charge < -0.3 is 24.6 Å². The normalized spacial score (nSPS) is 22.5. The first-order chi connectivity index (χ1) is 17.0. The number of amides is 1. The number of H-pyrrole nitrogens is 1. The van der Waals surface area contributed by atoms with Crippen molar-refractivity contribution in [1.29, 1.82) is 0 Å². The van der Waals surface area contributed by atoms with Crippen LogP contribution >= 0.6 is 0 Å². The predicted molar refractivity (Wildman–Crippen MR) is 135 cm³/mol. The van der Waals surface area contributed by atoms with Crippen LogP contribution in [0.4, 0.5) is 5.69 Å². The average Bonchev–Trinajstić information content (AvgIpc) is 3.42. The molecule has 6 rings (SSSR count). The quantitative estimate of drug-likeness (QED) is 0.327. The number of para-hydroxylation sites is 1. The number of ether oxygens (including phenoxy) is 1. The summed E-state index contributed by atoms with van der Waals surface area (Å²) in [5.74, 6) is -0.539. The molecule has 3 aliphatic rings. The Morgan fingerprint density at radius 3 is 2.71 bits per heavy atom. The van der Waals surface area contributed by atoms with Crippen molar-refractivity contribution in [3.8, 4) is 5.75 Å². The minimum absolute atomic E-state index is 0.0211. The Morgan fingerprint density at radius 2 is 1.89 bits per heavy atom. The Hall–Kier alpha value is -3.74. The van der Waals surface area contributed by atoms with Gasteiger partial charge in [0, 0.05) is 41.3 Å². The number of hydrogen-bond donors (Lipinski definition) is 2. The second kappa shape index (κ2) is 8.48. The summed E-state index contributed by atoms with van der Waals surface area (Å²) in [6, 6.07) is 12.6. The number of benzene rings is 2. The number of aromatic amines is 1. The third-order valence-electron chi connectivity index (χ3n) is 7.69. The number of fused-ring (bicyclic) bond motifs is 2. The van der Waals surface area contributed by atoms with E-state index in [2.05, 4.69) is 9.88 Å². The number of carbonyl (C=O) groups is 2. The molecule has 2 fully saturated rings. The van der Waals surface area contributed by atoms with Gasteiger partial charge in [-0.15, -0.1) is 0 Å². The summed E-state index contributed by atoms with van der Waals surface area (Å²) >= 11 is 0. The minimum atomic E-state index is -0.640. The highest BCUT2D eigenvalue weighted by atomic mass is 16.5. The van der Waals surface area contributed by atoms with E-state index < -0.39 is 17.7 Å². The Labute approximate surface area is 204 Å². The SMILES string of the molecule is CN1CCOc2ccc(/C(O)=C3\C(=O)C(=O)N(C4CCCCC4)C3c3c[nH]c4ccccc34)cc21. The van der Waals surface area contributed by atoms with Crippen molar-refractivity contribution in [2.75, 3.05) is 25.1 Å². The van der Waals surface area contributed by atoms with E-state index in [1.807, 2.05) is 49.6 Å². The molecule has 3 heterocycles. The molecule has 1 saturated heterocycles. The number of nitrogens with one attached hydrogen (secondary N) is 1. The molecule has 1 amide bonds. The van der Waals surface area contributed by atoms with Crippen molar-refractivity contribution in [2.24, 2.45) is 0 Å². The molecule has 180 valence electrons. The summed E-state index contributed by atoms with van der Waals surface area (Å²) < 4.78 is 5.74. The highest BCUT2D eigenvalue weighted by molar-refractivity contribution is 6.46. The molecule has 0 bridgehead atoms. The first-order valence-corrected chi connectivity index (χ1v) is 12.4. The standard InChI is InChI=1S/C28H29N3O4/c1-30-13-14-35-23-12-11-17(15-22(23)30)26(32)24-25(20-16-29-21-10-6-5-9-19(20)21)31(28(34)27(24)33)18-7-3-2-4-8-18/h5-6,9-12,15-16,18,25,29,32H,2-4,7-8,13-14H2,1H3/b26-24+. The number of carbonyl (C=O) groups excluding carboxylic acids is 2. The van der Waals surface area contributed by atoms with Gasteiger partial charge in [0.1, 0.15) is 18.1 Å². The molecule has 2 N–H and O–H groups in total. The van der Waals surface area contributed by atoms with Crippen molar-refractivity contribution < 1.29 is 19.4 Å². The molecule has 0 radical (unpaired) electrons. The monoisotopic (exact) mass is 471 g/mol. The maximum Gasteiger partial charge on any atom is 0.295 e. The van der Waals surface area contributed by atoms with E-state index in [1.54, 1.807) is 11.0 Å². The summed E-state index contributed by atoms with van der Waals surface area (Å²) in [5.41, 5.74) is 3.29. The van der Waals surface area contributed by atoms with Gasteiger partial charge in [-0.05, 0) is 37.1 Å². The lowest BCUT2D eigenvalue weighted by Gasteiger charge is -2.35. The van der Waals surface area contributed by atoms with Crippen molar-refractivity contribution in [3.05, 3.63) is 65.4 Å². The van der Waals surface area contributed by atoms with Crippen LogP contribution in [0, 0.1) is 0 Å². The van der Waals surface area contributed by atoms with Crippen molar-refractivity contribution in [1.82, 2.24) is 9.88 Å². The fourth-order valence-electron chi connectivity index (χ4n) is 5.86. The van der Waals surface area contributed by atoms with E-state index in [-0.39, 0.29) is 17.4 Å². The third-order valence-corrected chi connectivity index (χ3v) is 7.69. The topological polar surface area (TPSA) is 85.9 Å². The van der Waals surface area contributed by atoms with Crippen LogP contribution < -0.4 is 9.64 Å². The van der Waals surface area contributed by atoms with E-state index in [4.69, 9.17) is 4.74 Å². The van der Waals surface area contributed by atoms with Crippen molar-refractivity contribution in [3.63, 3.8) is 0 Å². The van der Waals surface area contributed by atoms with E-state index in [0.29, 0.717) is 12.2 Å². The van der Waals surface area contributed by atoms with E-state index in [0.717, 1.165) is 66.6 Å². The lowest BCUT2D eigenvalue weighted by Crippen LogP contribution is -2.40. The number of likely N-dealkylation sites (tertiary alicyclic amines) is 1. The van der Waals surface area contributed by atoms with Gasteiger partial charge in [0.15, 0.2) is 0 Å². The molecule has 3 aromatic rings. The molecular weight excluding hydrogens is 442 g/mol. The van der Waals surface area contributed by atoms with E-state index in [9.17, 15) is 14.7 Å². The highest BCUT2D eigenvalue weighted by Crippen LogP contribution is 2.45. The van der Waals surface area contributed by atoms with Crippen molar-refractivity contribution in [2.45, 2.75) is 44.2 Å². The number of Topliss-reactive ketones (excluding diaryl/α,β-unsaturated/α-hetero) is 1. The molecule has 35 heavy (non-hydrogen) atoms. The van der Waals surface area contributed by atoms with Crippen LogP contribution in [0.1, 0.15) is 49.3 Å². The number of likely N-dealkylation sites (N-methyl/N-ethyl adjacent to an activating group) is 1. The molecule has 1 unspecified atom stereocenters. The van der Waals surface area contributed by atoms with Gasteiger partial charge >= 0.3 is 0 Å². The van der Waals surface area contributed by atoms with Gasteiger partial charge in [-0.2, -0.15) is 0 Å². The number of rotatable bonds is 3. The zero-order chi connectivity index (χ0) is 24.1. The Morgan fingerprint density at radius 1 is 1.09 bits per heavy atom. The first-order valence-electron chi connectivity index (χ1n) is 12.4. The fraction of sp³-hybridized carbons (Fsp3) is 0.357. The molecule has 7 heteroatoms. The Bertz CT molecular complexity index is 1350. The van der Waals surface area contributed by atoms with E-state index >= 15 is 0 Å². The van der Waals surface area contributed by atoms with Crippen LogP contribution in [0.3, 0.4) is 0 Å². The lowest BCUT2D eigenvalue weighted by atomic mass is 9.90. The zero-order valence-corrected chi connectivity index (χ0v) is 19.8. The summed E-state index contributed by atoms with van der Waals surface area (Å²) in [4.78, 5) is 34.1. The summed E-state index contributed by atoms with van der Waals surface area (Å²) in [6.45, 7) is 1.33. The van der Waals surface area contributed by atoms with Crippen LogP contribution in [-0.2, 0) is 9.59 Å². The number of aliphatic hydroxyl groups excluding tert-OH is 1. The number of aromatic nitrogens is 1. The Balaban J connectivity index is 1.53. The van der Waals surface area contributed by atoms with Gasteiger partial charge in [-0.25, -0.2) is 0 Å². The van der Waals surface area contributed by atoms with Gasteiger partial charge in [0.05, 0.1) is 23.8 Å². The number of hydrogen-bond acceptors (Lipinski definition) is 5. The van der Waals surface area contributed by atoms with Crippen LogP contribution in [0.15, 0.2) is 54.2 Å². The van der Waals surface area contributed by atoms with Crippen LogP contribution in [-0.4, -0.2) is 52.9 Å². The molecule has 1 atom stereocenters. The zero-order valence-electron chi connectivity index (χ0n) is 19.8. The van der Waals surface area contributed by atoms with Crippen LogP contribution in [0.5, 0.6) is 5.75 Å². The molecule has 1 saturated carbocycles. The summed E-state index contributed by atoms with van der Waals surface area (Å²) in [5, 5.41) is 12.5. The second-order valence-corrected chi connectivity index (χ2v) is 9.74. The summed E-state index contributed by atoms with van der Waals surface area (Å²) in [6.07, 6.45) is 6.82. The Kier molecular flexibility index (Phi) is 5.28. The highest BCUT2D eigenvalue weighted by Gasteiger charge is 2.49. The molecule has 2 aliphatic heterocycles. The third kappa shape index (κ3) is 3.49. The van der Waals surface area contributed by atoms with Crippen molar-refractivity contribution >= 4 is 34.0 Å². The fourth-order valence-corrected chi connectivity index (χ4v) is 5.86. The van der Waals surface area contributed by atoms with Crippen LogP contribution in [0.2, 0.25) is 0 Å². The number of aliphatic hydroxyl groups is 1. The van der Waals surface area contributed by atoms with E-state index in [1.165, 1.54) is 0 Å². The molecule has 7 nitrogen and oxygen atoms in total. The number of nitrogens with zero attached hydrogens (tertiary/aromatic N) is 2. The lowest BCUT2D eigenvalue weighted by molar-refractivity contribution is -0.141. The van der Waals surface area contributed by atoms with Gasteiger partial charge in [0.25, 0.3) is 11.7 Å². The van der Waals surface area contributed by atoms with Gasteiger partial charge in [-0.3, -0.25) is 9.59 Å². The smallest absolute Gasteiger partial charge is 0.295 e. The maximum absolute atomic E-state index is 13.5. The molecule has 1 aromatic heterocycles. The largest absolute Gasteiger partial charge is 0.507 e. The number of ketones is 1. The number of anilines is 1. The first kappa shape index (κ1) is 21.8. The van der Waals surface area contributed by atoms with Gasteiger partial charge in [-0.1, -0.05) is 37.5 Å². The minimum Gasteiger partial charge on any atom is -0.507 e. The maximum atomic E-state index is 13.5. The predicted octanol–water partition coefficient (Wildman–Crippen LogP) is 4.75. The van der Waals surface area contributed by atoms with Gasteiger partial charge in [0.2, 0.25) is 0 Å². The molecule has 1 aliphatic carbocycles. The molecular formula is C28H29N3O4. The average molecular weight is 472 g/mol. The van der Waals surface area contributed by atoms with Crippen LogP contribution in [0.25, 0.3) is 16.7 Å².